The van der Waals surface area contributed by atoms with Crippen molar-refractivity contribution in [2.45, 2.75) is 6.42 Å². The summed E-state index contributed by atoms with van der Waals surface area (Å²) in [6.07, 6.45) is 1.74. The number of hydrogen-bond acceptors (Lipinski definition) is 5. The number of rotatable bonds is 5. The maximum absolute atomic E-state index is 12.8. The summed E-state index contributed by atoms with van der Waals surface area (Å²) in [6, 6.07) is 7.03. The van der Waals surface area contributed by atoms with E-state index in [1.807, 2.05) is 4.90 Å². The molecular formula is C18H24ClN3O4S. The third-order valence-corrected chi connectivity index (χ3v) is 6.28. The molecule has 2 amide bonds. The van der Waals surface area contributed by atoms with Crippen molar-refractivity contribution in [3.05, 3.63) is 29.3 Å². The van der Waals surface area contributed by atoms with Crippen molar-refractivity contribution in [2.24, 2.45) is 5.92 Å². The molecule has 0 bridgehead atoms. The van der Waals surface area contributed by atoms with Crippen molar-refractivity contribution in [1.82, 2.24) is 9.80 Å². The molecule has 2 aliphatic rings. The van der Waals surface area contributed by atoms with E-state index in [0.717, 1.165) is 5.69 Å². The van der Waals surface area contributed by atoms with Gasteiger partial charge >= 0.3 is 0 Å². The Kier molecular flexibility index (Phi) is 6.08. The van der Waals surface area contributed by atoms with E-state index in [-0.39, 0.29) is 17.6 Å². The average Bonchev–Trinajstić information content (AvgIpc) is 3.01. The van der Waals surface area contributed by atoms with Gasteiger partial charge in [-0.15, -0.1) is 0 Å². The van der Waals surface area contributed by atoms with E-state index in [1.165, 1.54) is 6.26 Å². The molecule has 3 rings (SSSR count). The molecule has 2 heterocycles. The number of hydrogen-bond donors (Lipinski definition) is 0. The fraction of sp³-hybridized carbons (Fsp3) is 0.556. The second-order valence-corrected chi connectivity index (χ2v) is 9.80. The highest BCUT2D eigenvalue weighted by Crippen LogP contribution is 2.27. The van der Waals surface area contributed by atoms with Crippen molar-refractivity contribution < 1.29 is 18.0 Å². The van der Waals surface area contributed by atoms with Crippen LogP contribution in [0.15, 0.2) is 24.3 Å². The third kappa shape index (κ3) is 5.00. The van der Waals surface area contributed by atoms with Gasteiger partial charge in [-0.25, -0.2) is 8.42 Å². The number of nitrogens with zero attached hydrogens (tertiary/aromatic N) is 3. The lowest BCUT2D eigenvalue weighted by atomic mass is 10.1. The summed E-state index contributed by atoms with van der Waals surface area (Å²) >= 11 is 5.89. The SMILES string of the molecule is CS(=O)(=O)CCN1CCN(C(=O)C2CCN(c3ccc(Cl)cc3)C2=O)CC1. The van der Waals surface area contributed by atoms with Gasteiger partial charge in [0.1, 0.15) is 15.8 Å². The largest absolute Gasteiger partial charge is 0.339 e. The van der Waals surface area contributed by atoms with Crippen LogP contribution in [0.1, 0.15) is 6.42 Å². The molecule has 2 fully saturated rings. The number of piperazine rings is 1. The van der Waals surface area contributed by atoms with Gasteiger partial charge < -0.3 is 9.80 Å². The summed E-state index contributed by atoms with van der Waals surface area (Å²) in [4.78, 5) is 30.9. The van der Waals surface area contributed by atoms with Crippen LogP contribution in [0.3, 0.4) is 0 Å². The summed E-state index contributed by atoms with van der Waals surface area (Å²) in [5.74, 6) is -0.803. The Morgan fingerprint density at radius 3 is 2.33 bits per heavy atom. The van der Waals surface area contributed by atoms with Gasteiger partial charge in [0.15, 0.2) is 0 Å². The van der Waals surface area contributed by atoms with E-state index in [2.05, 4.69) is 0 Å². The van der Waals surface area contributed by atoms with Gasteiger partial charge in [-0.05, 0) is 30.7 Å². The number of carbonyl (C=O) groups excluding carboxylic acids is 2. The molecule has 148 valence electrons. The Hall–Kier alpha value is -1.64. The molecule has 0 radical (unpaired) electrons. The Balaban J connectivity index is 1.54. The zero-order valence-electron chi connectivity index (χ0n) is 15.3. The second kappa shape index (κ2) is 8.16. The zero-order valence-corrected chi connectivity index (χ0v) is 16.9. The fourth-order valence-electron chi connectivity index (χ4n) is 3.49. The van der Waals surface area contributed by atoms with Gasteiger partial charge in [-0.1, -0.05) is 11.6 Å². The first-order chi connectivity index (χ1) is 12.7. The molecular weight excluding hydrogens is 390 g/mol. The van der Waals surface area contributed by atoms with E-state index in [4.69, 9.17) is 11.6 Å². The van der Waals surface area contributed by atoms with E-state index < -0.39 is 15.8 Å². The maximum atomic E-state index is 12.8. The number of halogens is 1. The summed E-state index contributed by atoms with van der Waals surface area (Å²) in [5.41, 5.74) is 0.755. The van der Waals surface area contributed by atoms with E-state index in [1.54, 1.807) is 34.1 Å². The van der Waals surface area contributed by atoms with Gasteiger partial charge in [0.25, 0.3) is 0 Å². The summed E-state index contributed by atoms with van der Waals surface area (Å²) in [6.45, 7) is 3.30. The van der Waals surface area contributed by atoms with Crippen molar-refractivity contribution >= 4 is 38.9 Å². The highest BCUT2D eigenvalue weighted by molar-refractivity contribution is 7.90. The van der Waals surface area contributed by atoms with Crippen molar-refractivity contribution in [2.75, 3.05) is 56.2 Å². The minimum atomic E-state index is -2.99. The Morgan fingerprint density at radius 1 is 1.11 bits per heavy atom. The molecule has 1 atom stereocenters. The molecule has 1 aromatic carbocycles. The van der Waals surface area contributed by atoms with Crippen LogP contribution in [0.5, 0.6) is 0 Å². The molecule has 0 saturated carbocycles. The lowest BCUT2D eigenvalue weighted by Gasteiger charge is -2.35. The minimum absolute atomic E-state index is 0.123. The first kappa shape index (κ1) is 20.1. The topological polar surface area (TPSA) is 78.0 Å². The summed E-state index contributed by atoms with van der Waals surface area (Å²) in [7, 11) is -2.99. The zero-order chi connectivity index (χ0) is 19.6. The maximum Gasteiger partial charge on any atom is 0.239 e. The van der Waals surface area contributed by atoms with Crippen LogP contribution in [0.25, 0.3) is 0 Å². The van der Waals surface area contributed by atoms with Crippen LogP contribution in [0.2, 0.25) is 5.02 Å². The average molecular weight is 414 g/mol. The molecule has 0 aromatic heterocycles. The van der Waals surface area contributed by atoms with Gasteiger partial charge in [0.2, 0.25) is 11.8 Å². The number of sulfone groups is 1. The quantitative estimate of drug-likeness (QED) is 0.670. The predicted molar refractivity (Wildman–Crippen MR) is 105 cm³/mol. The van der Waals surface area contributed by atoms with Crippen LogP contribution in [-0.2, 0) is 19.4 Å². The minimum Gasteiger partial charge on any atom is -0.339 e. The second-order valence-electron chi connectivity index (χ2n) is 7.10. The number of anilines is 1. The van der Waals surface area contributed by atoms with Crippen molar-refractivity contribution in [3.63, 3.8) is 0 Å². The Labute approximate surface area is 164 Å². The monoisotopic (exact) mass is 413 g/mol. The molecule has 1 unspecified atom stereocenters. The van der Waals surface area contributed by atoms with E-state index in [9.17, 15) is 18.0 Å². The van der Waals surface area contributed by atoms with Crippen LogP contribution in [0, 0.1) is 5.92 Å². The van der Waals surface area contributed by atoms with Gasteiger partial charge in [-0.2, -0.15) is 0 Å². The first-order valence-electron chi connectivity index (χ1n) is 9.00. The number of amides is 2. The molecule has 2 saturated heterocycles. The predicted octanol–water partition coefficient (Wildman–Crippen LogP) is 0.882. The summed E-state index contributed by atoms with van der Waals surface area (Å²) < 4.78 is 22.6. The van der Waals surface area contributed by atoms with Gasteiger partial charge in [-0.3, -0.25) is 14.5 Å². The fourth-order valence-corrected chi connectivity index (χ4v) is 4.21. The standard InChI is InChI=1S/C18H24ClN3O4S/c1-27(25,26)13-12-20-8-10-21(11-9-20)17(23)16-6-7-22(18(16)24)15-4-2-14(19)3-5-15/h2-5,16H,6-13H2,1H3. The Morgan fingerprint density at radius 2 is 1.74 bits per heavy atom. The lowest BCUT2D eigenvalue weighted by molar-refractivity contribution is -0.141. The van der Waals surface area contributed by atoms with Crippen LogP contribution in [-0.4, -0.2) is 81.3 Å². The normalized spacial score (nSPS) is 21.7. The lowest BCUT2D eigenvalue weighted by Crippen LogP contribution is -2.51. The third-order valence-electron chi connectivity index (χ3n) is 5.10. The molecule has 0 spiro atoms. The van der Waals surface area contributed by atoms with Crippen LogP contribution < -0.4 is 4.90 Å². The van der Waals surface area contributed by atoms with Gasteiger partial charge in [0, 0.05) is 56.2 Å². The molecule has 0 N–H and O–H groups in total. The van der Waals surface area contributed by atoms with E-state index in [0.29, 0.717) is 50.7 Å². The van der Waals surface area contributed by atoms with Crippen molar-refractivity contribution in [1.29, 1.82) is 0 Å². The summed E-state index contributed by atoms with van der Waals surface area (Å²) in [5, 5.41) is 0.603. The smallest absolute Gasteiger partial charge is 0.239 e. The van der Waals surface area contributed by atoms with Crippen molar-refractivity contribution in [3.8, 4) is 0 Å². The number of carbonyl (C=O) groups is 2. The van der Waals surface area contributed by atoms with Gasteiger partial charge in [0.05, 0.1) is 5.75 Å². The Bertz CT molecular complexity index is 804. The highest BCUT2D eigenvalue weighted by atomic mass is 35.5. The number of benzene rings is 1. The molecule has 27 heavy (non-hydrogen) atoms. The van der Waals surface area contributed by atoms with Crippen LogP contribution in [0.4, 0.5) is 5.69 Å². The molecule has 7 nitrogen and oxygen atoms in total. The molecule has 1 aromatic rings. The highest BCUT2D eigenvalue weighted by Gasteiger charge is 2.40. The van der Waals surface area contributed by atoms with E-state index >= 15 is 0 Å². The molecule has 2 aliphatic heterocycles. The molecule has 0 aliphatic carbocycles. The molecule has 9 heteroatoms. The first-order valence-corrected chi connectivity index (χ1v) is 11.4. The van der Waals surface area contributed by atoms with Crippen LogP contribution >= 0.6 is 11.6 Å².